The topological polar surface area (TPSA) is 146 Å². The number of aromatic nitrogens is 5. The van der Waals surface area contributed by atoms with Crippen molar-refractivity contribution in [1.29, 1.82) is 0 Å². The van der Waals surface area contributed by atoms with E-state index in [9.17, 15) is 9.18 Å². The fourth-order valence-electron chi connectivity index (χ4n) is 3.43. The number of amides is 1. The molecule has 0 saturated heterocycles. The molecule has 0 spiro atoms. The number of nitrogens with one attached hydrogen (secondary N) is 1. The number of rotatable bonds is 8. The average Bonchev–Trinajstić information content (AvgIpc) is 3.55. The second-order valence-electron chi connectivity index (χ2n) is 7.72. The third-order valence-corrected chi connectivity index (χ3v) is 5.19. The average molecular weight is 498 g/mol. The van der Waals surface area contributed by atoms with Crippen LogP contribution in [0.1, 0.15) is 21.6 Å². The molecule has 2 aromatic heterocycles. The van der Waals surface area contributed by atoms with Crippen molar-refractivity contribution in [2.45, 2.75) is 6.61 Å². The third-order valence-electron chi connectivity index (χ3n) is 5.19. The molecular weight excluding hydrogens is 479 g/mol. The molecule has 0 aliphatic heterocycles. The van der Waals surface area contributed by atoms with Crippen LogP contribution in [0.5, 0.6) is 5.75 Å². The first-order chi connectivity index (χ1) is 18.1. The van der Waals surface area contributed by atoms with Gasteiger partial charge < -0.3 is 10.5 Å². The second kappa shape index (κ2) is 10.5. The molecule has 37 heavy (non-hydrogen) atoms. The molecule has 0 bridgehead atoms. The summed E-state index contributed by atoms with van der Waals surface area (Å²) in [6.07, 6.45) is 1.47. The summed E-state index contributed by atoms with van der Waals surface area (Å²) in [5, 5.41) is 19.4. The Morgan fingerprint density at radius 3 is 2.65 bits per heavy atom. The van der Waals surface area contributed by atoms with Crippen LogP contribution in [0.25, 0.3) is 17.1 Å². The molecule has 0 aliphatic rings. The summed E-state index contributed by atoms with van der Waals surface area (Å²) < 4.78 is 24.8. The van der Waals surface area contributed by atoms with Crippen LogP contribution in [0.15, 0.2) is 88.6 Å². The Hall–Kier alpha value is -5.39. The van der Waals surface area contributed by atoms with Gasteiger partial charge in [-0.25, -0.2) is 14.4 Å². The van der Waals surface area contributed by atoms with Crippen molar-refractivity contribution in [3.05, 3.63) is 102 Å². The van der Waals surface area contributed by atoms with Gasteiger partial charge in [0.15, 0.2) is 5.69 Å². The Morgan fingerprint density at radius 2 is 1.89 bits per heavy atom. The maximum absolute atomic E-state index is 13.1. The Labute approximate surface area is 209 Å². The molecule has 0 radical (unpaired) electrons. The van der Waals surface area contributed by atoms with Crippen molar-refractivity contribution < 1.29 is 18.6 Å². The number of nitrogens with two attached hydrogens (primary N) is 1. The van der Waals surface area contributed by atoms with E-state index in [0.29, 0.717) is 22.6 Å². The van der Waals surface area contributed by atoms with Gasteiger partial charge in [0.2, 0.25) is 11.6 Å². The quantitative estimate of drug-likeness (QED) is 0.245. The molecule has 12 heteroatoms. The molecule has 11 nitrogen and oxygen atoms in total. The molecule has 5 rings (SSSR count). The number of ether oxygens (including phenoxy) is 1. The summed E-state index contributed by atoms with van der Waals surface area (Å²) in [6, 6.07) is 22.2. The van der Waals surface area contributed by atoms with Crippen molar-refractivity contribution in [2.75, 3.05) is 5.73 Å². The van der Waals surface area contributed by atoms with Crippen molar-refractivity contribution >= 4 is 17.9 Å². The number of nitrogen functional groups attached to an aromatic ring is 1. The molecule has 1 amide bonds. The minimum atomic E-state index is -0.597. The highest BCUT2D eigenvalue weighted by molar-refractivity contribution is 5.98. The lowest BCUT2D eigenvalue weighted by atomic mass is 10.1. The predicted molar refractivity (Wildman–Crippen MR) is 131 cm³/mol. The first-order valence-corrected chi connectivity index (χ1v) is 11.0. The van der Waals surface area contributed by atoms with Gasteiger partial charge in [-0.3, -0.25) is 4.79 Å². The zero-order chi connectivity index (χ0) is 25.6. The summed E-state index contributed by atoms with van der Waals surface area (Å²) in [6.45, 7) is 0.279. The minimum absolute atomic E-state index is 0.00197. The van der Waals surface area contributed by atoms with Gasteiger partial charge in [0, 0.05) is 5.56 Å². The summed E-state index contributed by atoms with van der Waals surface area (Å²) in [4.78, 5) is 13.0. The number of nitrogens with zero attached hydrogens (tertiary/aromatic N) is 6. The molecule has 5 aromatic rings. The van der Waals surface area contributed by atoms with Crippen LogP contribution in [0.3, 0.4) is 0 Å². The molecule has 2 heterocycles. The van der Waals surface area contributed by atoms with E-state index in [1.54, 1.807) is 48.5 Å². The number of hydrazone groups is 1. The number of hydrogen-bond donors (Lipinski definition) is 2. The highest BCUT2D eigenvalue weighted by Crippen LogP contribution is 2.26. The largest absolute Gasteiger partial charge is 0.489 e. The molecular formula is C25H19FN8O3. The molecule has 0 fully saturated rings. The fourth-order valence-corrected chi connectivity index (χ4v) is 3.43. The lowest BCUT2D eigenvalue weighted by Gasteiger charge is -2.07. The lowest BCUT2D eigenvalue weighted by Crippen LogP contribution is -2.19. The summed E-state index contributed by atoms with van der Waals surface area (Å²) >= 11 is 0. The van der Waals surface area contributed by atoms with E-state index < -0.39 is 5.91 Å². The number of hydrogen-bond acceptors (Lipinski definition) is 9. The Bertz CT molecular complexity index is 1550. The maximum atomic E-state index is 13.1. The van der Waals surface area contributed by atoms with Crippen molar-refractivity contribution in [1.82, 2.24) is 30.7 Å². The summed E-state index contributed by atoms with van der Waals surface area (Å²) in [5.74, 6) is -0.213. The van der Waals surface area contributed by atoms with E-state index in [-0.39, 0.29) is 29.8 Å². The van der Waals surface area contributed by atoms with Gasteiger partial charge in [-0.05, 0) is 45.7 Å². The van der Waals surface area contributed by atoms with E-state index in [4.69, 9.17) is 10.5 Å². The lowest BCUT2D eigenvalue weighted by molar-refractivity contribution is 0.0950. The standard InChI is InChI=1S/C25H19FN8O3/c26-19-11-9-16(10-12-19)15-36-20-8-4-5-17(13-20)14-28-30-25(35)21-22(18-6-2-1-3-7-18)34(33-29-21)24-23(27)31-37-32-24/h1-14H,15H2,(H2,27,31)(H,30,35)/b28-14+. The van der Waals surface area contributed by atoms with Crippen LogP contribution >= 0.6 is 0 Å². The molecule has 0 aliphatic carbocycles. The zero-order valence-corrected chi connectivity index (χ0v) is 19.2. The highest BCUT2D eigenvalue weighted by Gasteiger charge is 2.25. The van der Waals surface area contributed by atoms with E-state index in [1.165, 1.54) is 23.0 Å². The van der Waals surface area contributed by atoms with E-state index in [1.807, 2.05) is 18.2 Å². The van der Waals surface area contributed by atoms with Crippen LogP contribution in [0.4, 0.5) is 10.2 Å². The number of carbonyl (C=O) groups is 1. The normalized spacial score (nSPS) is 11.1. The second-order valence-corrected chi connectivity index (χ2v) is 7.72. The fraction of sp³-hybridized carbons (Fsp3) is 0.0400. The van der Waals surface area contributed by atoms with E-state index >= 15 is 0 Å². The van der Waals surface area contributed by atoms with Gasteiger partial charge in [-0.2, -0.15) is 9.78 Å². The molecule has 0 atom stereocenters. The number of halogens is 1. The monoisotopic (exact) mass is 498 g/mol. The Morgan fingerprint density at radius 1 is 1.08 bits per heavy atom. The molecule has 184 valence electrons. The first kappa shape index (κ1) is 23.4. The van der Waals surface area contributed by atoms with Gasteiger partial charge in [0.05, 0.1) is 6.21 Å². The Kier molecular flexibility index (Phi) is 6.61. The summed E-state index contributed by atoms with van der Waals surface area (Å²) in [5.41, 5.74) is 10.8. The summed E-state index contributed by atoms with van der Waals surface area (Å²) in [7, 11) is 0. The van der Waals surface area contributed by atoms with E-state index in [2.05, 4.69) is 35.8 Å². The van der Waals surface area contributed by atoms with Gasteiger partial charge in [-0.15, -0.1) is 5.10 Å². The smallest absolute Gasteiger partial charge is 0.294 e. The van der Waals surface area contributed by atoms with Crippen LogP contribution in [0, 0.1) is 5.82 Å². The van der Waals surface area contributed by atoms with Gasteiger partial charge >= 0.3 is 0 Å². The SMILES string of the molecule is Nc1nonc1-n1nnc(C(=O)N/N=C/c2cccc(OCc3ccc(F)cc3)c2)c1-c1ccccc1. The molecule has 3 aromatic carbocycles. The predicted octanol–water partition coefficient (Wildman–Crippen LogP) is 3.38. The Balaban J connectivity index is 1.31. The maximum Gasteiger partial charge on any atom is 0.294 e. The van der Waals surface area contributed by atoms with Crippen LogP contribution in [-0.2, 0) is 6.61 Å². The van der Waals surface area contributed by atoms with E-state index in [0.717, 1.165) is 5.56 Å². The third kappa shape index (κ3) is 5.32. The number of benzene rings is 3. The van der Waals surface area contributed by atoms with Crippen LogP contribution in [0.2, 0.25) is 0 Å². The molecule has 0 unspecified atom stereocenters. The van der Waals surface area contributed by atoms with Crippen molar-refractivity contribution in [2.24, 2.45) is 5.10 Å². The zero-order valence-electron chi connectivity index (χ0n) is 19.2. The first-order valence-electron chi connectivity index (χ1n) is 11.0. The van der Waals surface area contributed by atoms with Gasteiger partial charge in [0.1, 0.15) is 23.9 Å². The number of anilines is 1. The van der Waals surface area contributed by atoms with Crippen molar-refractivity contribution in [3.63, 3.8) is 0 Å². The minimum Gasteiger partial charge on any atom is -0.489 e. The molecule has 0 saturated carbocycles. The molecule has 3 N–H and O–H groups in total. The van der Waals surface area contributed by atoms with Crippen molar-refractivity contribution in [3.8, 4) is 22.8 Å². The van der Waals surface area contributed by atoms with Gasteiger partial charge in [-0.1, -0.05) is 59.8 Å². The highest BCUT2D eigenvalue weighted by atomic mass is 19.1. The van der Waals surface area contributed by atoms with Crippen LogP contribution < -0.4 is 15.9 Å². The van der Waals surface area contributed by atoms with Gasteiger partial charge in [0.25, 0.3) is 5.91 Å². The number of carbonyl (C=O) groups excluding carboxylic acids is 1. The van der Waals surface area contributed by atoms with Crippen LogP contribution in [-0.4, -0.2) is 37.4 Å².